The maximum atomic E-state index is 14.3. The lowest BCUT2D eigenvalue weighted by Gasteiger charge is -2.27. The Morgan fingerprint density at radius 1 is 0.968 bits per heavy atom. The number of aromatic nitrogens is 2. The third-order valence-corrected chi connectivity index (χ3v) is 6.82. The van der Waals surface area contributed by atoms with E-state index in [4.69, 9.17) is 10.7 Å². The second kappa shape index (κ2) is 8.49. The van der Waals surface area contributed by atoms with Crippen LogP contribution in [0, 0.1) is 17.6 Å². The molecule has 0 saturated heterocycles. The molecule has 0 spiro atoms. The Kier molecular flexibility index (Phi) is 5.56. The van der Waals surface area contributed by atoms with E-state index >= 15 is 0 Å². The number of nitrogens with two attached hydrogens (primary N) is 1. The van der Waals surface area contributed by atoms with Gasteiger partial charge in [0.1, 0.15) is 28.8 Å². The van der Waals surface area contributed by atoms with Gasteiger partial charge in [0.2, 0.25) is 5.95 Å². The van der Waals surface area contributed by atoms with Crippen LogP contribution in [0.4, 0.5) is 26.1 Å². The van der Waals surface area contributed by atoms with Gasteiger partial charge in [-0.15, -0.1) is 0 Å². The SMILES string of the molecule is N[C@H]1CC[C@H](Nc2ncc3c(n2)C(C2CCCC2)C(Nc2c(F)cccc2F)=N3)CC1. The molecule has 3 aliphatic rings. The number of hydrogen-bond donors (Lipinski definition) is 3. The minimum atomic E-state index is -0.632. The van der Waals surface area contributed by atoms with Gasteiger partial charge in [-0.25, -0.2) is 23.7 Å². The van der Waals surface area contributed by atoms with Gasteiger partial charge in [-0.05, 0) is 56.6 Å². The lowest BCUT2D eigenvalue weighted by atomic mass is 9.87. The molecule has 0 amide bonds. The number of halogens is 2. The van der Waals surface area contributed by atoms with Gasteiger partial charge in [0.25, 0.3) is 0 Å². The van der Waals surface area contributed by atoms with E-state index in [1.54, 1.807) is 6.20 Å². The number of para-hydroxylation sites is 1. The third kappa shape index (κ3) is 4.13. The van der Waals surface area contributed by atoms with Crippen LogP contribution in [0.25, 0.3) is 0 Å². The number of rotatable bonds is 4. The highest BCUT2D eigenvalue weighted by Gasteiger charge is 2.38. The van der Waals surface area contributed by atoms with Crippen LogP contribution in [0.2, 0.25) is 0 Å². The molecule has 2 heterocycles. The number of hydrogen-bond acceptors (Lipinski definition) is 6. The molecule has 2 fully saturated rings. The van der Waals surface area contributed by atoms with Crippen LogP contribution in [0.1, 0.15) is 63.0 Å². The molecular weight excluding hydrogens is 398 g/mol. The number of nitrogens with zero attached hydrogens (tertiary/aromatic N) is 3. The Balaban J connectivity index is 1.42. The van der Waals surface area contributed by atoms with Crippen molar-refractivity contribution < 1.29 is 8.78 Å². The van der Waals surface area contributed by atoms with Crippen molar-refractivity contribution in [3.8, 4) is 0 Å². The first-order chi connectivity index (χ1) is 15.1. The van der Waals surface area contributed by atoms with E-state index in [0.29, 0.717) is 29.4 Å². The van der Waals surface area contributed by atoms with Crippen LogP contribution in [-0.2, 0) is 0 Å². The molecule has 5 rings (SSSR count). The maximum Gasteiger partial charge on any atom is 0.223 e. The molecule has 1 aliphatic heterocycles. The third-order valence-electron chi connectivity index (χ3n) is 6.82. The second-order valence-corrected chi connectivity index (χ2v) is 8.96. The standard InChI is InChI=1S/C23H28F2N6/c24-16-6-3-7-17(25)20(16)30-22-19(13-4-1-2-5-13)21-18(29-22)12-27-23(31-21)28-15-10-8-14(26)9-11-15/h3,6-7,12-15,19H,1-2,4-5,8-11,26H2,(H,29,30)(H,27,28,31)/t14-,15-,19?. The molecule has 164 valence electrons. The Morgan fingerprint density at radius 3 is 2.39 bits per heavy atom. The molecule has 1 aromatic carbocycles. The number of anilines is 2. The van der Waals surface area contributed by atoms with Crippen molar-refractivity contribution in [2.45, 2.75) is 69.4 Å². The molecule has 1 unspecified atom stereocenters. The fourth-order valence-corrected chi connectivity index (χ4v) is 5.14. The summed E-state index contributed by atoms with van der Waals surface area (Å²) in [6, 6.07) is 4.45. The summed E-state index contributed by atoms with van der Waals surface area (Å²) in [6.45, 7) is 0. The fraction of sp³-hybridized carbons (Fsp3) is 0.522. The predicted molar refractivity (Wildman–Crippen MR) is 118 cm³/mol. The van der Waals surface area contributed by atoms with Gasteiger partial charge in [-0.3, -0.25) is 0 Å². The van der Waals surface area contributed by atoms with E-state index in [2.05, 4.69) is 20.6 Å². The summed E-state index contributed by atoms with van der Waals surface area (Å²) >= 11 is 0. The minimum absolute atomic E-state index is 0.111. The topological polar surface area (TPSA) is 88.2 Å². The quantitative estimate of drug-likeness (QED) is 0.649. The number of amidine groups is 1. The van der Waals surface area contributed by atoms with Crippen LogP contribution >= 0.6 is 0 Å². The Labute approximate surface area is 180 Å². The summed E-state index contributed by atoms with van der Waals surface area (Å²) in [5.74, 6) is 0.120. The normalized spacial score (nSPS) is 25.9. The number of nitrogens with one attached hydrogen (secondary N) is 2. The molecule has 6 nitrogen and oxygen atoms in total. The summed E-state index contributed by atoms with van der Waals surface area (Å²) in [5.41, 5.74) is 7.37. The highest BCUT2D eigenvalue weighted by atomic mass is 19.1. The van der Waals surface area contributed by atoms with Crippen molar-refractivity contribution in [3.05, 3.63) is 41.7 Å². The van der Waals surface area contributed by atoms with Gasteiger partial charge in [0.05, 0.1) is 17.8 Å². The van der Waals surface area contributed by atoms with E-state index in [1.165, 1.54) is 18.2 Å². The van der Waals surface area contributed by atoms with E-state index < -0.39 is 11.6 Å². The lowest BCUT2D eigenvalue weighted by Crippen LogP contribution is -2.33. The number of benzene rings is 1. The van der Waals surface area contributed by atoms with Crippen molar-refractivity contribution in [1.82, 2.24) is 9.97 Å². The Hall–Kier alpha value is -2.61. The molecule has 0 radical (unpaired) electrons. The lowest BCUT2D eigenvalue weighted by molar-refractivity contribution is 0.409. The van der Waals surface area contributed by atoms with Crippen molar-refractivity contribution in [2.75, 3.05) is 10.6 Å². The van der Waals surface area contributed by atoms with Crippen LogP contribution in [0.5, 0.6) is 0 Å². The summed E-state index contributed by atoms with van der Waals surface area (Å²) in [4.78, 5) is 14.0. The summed E-state index contributed by atoms with van der Waals surface area (Å²) in [5, 5.41) is 6.41. The van der Waals surface area contributed by atoms with E-state index in [1.807, 2.05) is 0 Å². The second-order valence-electron chi connectivity index (χ2n) is 8.96. The van der Waals surface area contributed by atoms with Crippen molar-refractivity contribution >= 4 is 23.2 Å². The molecule has 1 aromatic heterocycles. The summed E-state index contributed by atoms with van der Waals surface area (Å²) in [7, 11) is 0. The van der Waals surface area contributed by atoms with Crippen molar-refractivity contribution in [3.63, 3.8) is 0 Å². The molecule has 31 heavy (non-hydrogen) atoms. The zero-order valence-corrected chi connectivity index (χ0v) is 17.5. The van der Waals surface area contributed by atoms with Gasteiger partial charge in [0.15, 0.2) is 0 Å². The van der Waals surface area contributed by atoms with E-state index in [0.717, 1.165) is 57.1 Å². The highest BCUT2D eigenvalue weighted by Crippen LogP contribution is 2.45. The van der Waals surface area contributed by atoms with Gasteiger partial charge in [0, 0.05) is 12.1 Å². The Bertz CT molecular complexity index is 960. The van der Waals surface area contributed by atoms with E-state index in [9.17, 15) is 8.78 Å². The molecule has 4 N–H and O–H groups in total. The molecule has 2 saturated carbocycles. The number of aliphatic imine (C=N–C) groups is 1. The van der Waals surface area contributed by atoms with Crippen LogP contribution in [-0.4, -0.2) is 27.9 Å². The molecule has 1 atom stereocenters. The highest BCUT2D eigenvalue weighted by molar-refractivity contribution is 6.05. The van der Waals surface area contributed by atoms with Crippen LogP contribution < -0.4 is 16.4 Å². The Morgan fingerprint density at radius 2 is 1.68 bits per heavy atom. The minimum Gasteiger partial charge on any atom is -0.351 e. The molecule has 8 heteroatoms. The first-order valence-electron chi connectivity index (χ1n) is 11.3. The monoisotopic (exact) mass is 426 g/mol. The van der Waals surface area contributed by atoms with Gasteiger partial charge in [-0.2, -0.15) is 0 Å². The fourth-order valence-electron chi connectivity index (χ4n) is 5.14. The zero-order chi connectivity index (χ0) is 21.4. The largest absolute Gasteiger partial charge is 0.351 e. The van der Waals surface area contributed by atoms with E-state index in [-0.39, 0.29) is 17.6 Å². The van der Waals surface area contributed by atoms with Gasteiger partial charge in [-0.1, -0.05) is 18.9 Å². The molecule has 2 aliphatic carbocycles. The van der Waals surface area contributed by atoms with Crippen molar-refractivity contribution in [2.24, 2.45) is 16.6 Å². The average Bonchev–Trinajstić information content (AvgIpc) is 3.39. The maximum absolute atomic E-state index is 14.3. The van der Waals surface area contributed by atoms with Gasteiger partial charge < -0.3 is 16.4 Å². The van der Waals surface area contributed by atoms with Crippen molar-refractivity contribution in [1.29, 1.82) is 0 Å². The summed E-state index contributed by atoms with van der Waals surface area (Å²) < 4.78 is 28.6. The first kappa shape index (κ1) is 20.3. The zero-order valence-electron chi connectivity index (χ0n) is 17.5. The molecular formula is C23H28F2N6. The molecule has 2 aromatic rings. The predicted octanol–water partition coefficient (Wildman–Crippen LogP) is 4.87. The smallest absolute Gasteiger partial charge is 0.223 e. The van der Waals surface area contributed by atoms with Gasteiger partial charge >= 0.3 is 0 Å². The molecule has 0 bridgehead atoms. The van der Waals surface area contributed by atoms with Crippen LogP contribution in [0.15, 0.2) is 29.4 Å². The average molecular weight is 427 g/mol. The summed E-state index contributed by atoms with van der Waals surface area (Å²) in [6.07, 6.45) is 10.1. The van der Waals surface area contributed by atoms with Crippen LogP contribution in [0.3, 0.4) is 0 Å². The first-order valence-corrected chi connectivity index (χ1v) is 11.3. The number of fused-ring (bicyclic) bond motifs is 1.